The van der Waals surface area contributed by atoms with Gasteiger partial charge >= 0.3 is 0 Å². The molecule has 0 atom stereocenters. The van der Waals surface area contributed by atoms with E-state index < -0.39 is 0 Å². The first-order valence-corrected chi connectivity index (χ1v) is 9.20. The van der Waals surface area contributed by atoms with E-state index in [1.807, 2.05) is 30.6 Å². The van der Waals surface area contributed by atoms with E-state index in [1.54, 1.807) is 12.1 Å². The van der Waals surface area contributed by atoms with E-state index in [0.717, 1.165) is 24.2 Å². The number of hydrogen-bond acceptors (Lipinski definition) is 3. The Morgan fingerprint density at radius 1 is 1.25 bits per heavy atom. The lowest BCUT2D eigenvalue weighted by Crippen LogP contribution is -2.19. The molecule has 1 aliphatic heterocycles. The fourth-order valence-electron chi connectivity index (χ4n) is 3.57. The average Bonchev–Trinajstić information content (AvgIpc) is 3.19. The molecule has 1 saturated carbocycles. The molecule has 5 rings (SSSR count). The van der Waals surface area contributed by atoms with E-state index in [-0.39, 0.29) is 5.82 Å². The van der Waals surface area contributed by atoms with Crippen molar-refractivity contribution in [3.63, 3.8) is 0 Å². The number of hydrogen-bond donors (Lipinski definition) is 1. The maximum absolute atomic E-state index is 13.7. The minimum Gasteiger partial charge on any atom is -0.374 e. The number of benzene rings is 1. The number of anilines is 1. The second kappa shape index (κ2) is 5.18. The molecule has 3 aromatic rings. The molecule has 3 nitrogen and oxygen atoms in total. The Hall–Kier alpha value is -2.14. The zero-order valence-corrected chi connectivity index (χ0v) is 14.3. The Morgan fingerprint density at radius 2 is 2.12 bits per heavy atom. The molecule has 0 spiro atoms. The van der Waals surface area contributed by atoms with Gasteiger partial charge in [-0.05, 0) is 49.1 Å². The zero-order chi connectivity index (χ0) is 16.3. The molecular weight excluding hydrogens is 321 g/mol. The van der Waals surface area contributed by atoms with E-state index in [4.69, 9.17) is 0 Å². The molecule has 1 aliphatic carbocycles. The molecule has 1 N–H and O–H groups in total. The molecule has 5 heteroatoms. The topological polar surface area (TPSA) is 31.9 Å². The molecule has 0 bridgehead atoms. The highest BCUT2D eigenvalue weighted by molar-refractivity contribution is 7.19. The Kier molecular flexibility index (Phi) is 3.07. The summed E-state index contributed by atoms with van der Waals surface area (Å²) in [5.41, 5.74) is 6.00. The molecule has 1 fully saturated rings. The Morgan fingerprint density at radius 3 is 2.96 bits per heavy atom. The van der Waals surface area contributed by atoms with Crippen LogP contribution in [0.1, 0.15) is 30.0 Å². The summed E-state index contributed by atoms with van der Waals surface area (Å²) in [4.78, 5) is 4.70. The van der Waals surface area contributed by atoms with Crippen LogP contribution in [0.25, 0.3) is 20.9 Å². The van der Waals surface area contributed by atoms with Crippen LogP contribution in [0.15, 0.2) is 30.5 Å². The first-order valence-electron chi connectivity index (χ1n) is 8.38. The number of likely N-dealkylation sites (N-methyl/N-ethyl adjacent to an activating group) is 1. The Balaban J connectivity index is 1.66. The quantitative estimate of drug-likeness (QED) is 0.726. The summed E-state index contributed by atoms with van der Waals surface area (Å²) >= 11 is 1.81. The Bertz CT molecular complexity index is 923. The first-order chi connectivity index (χ1) is 11.7. The van der Waals surface area contributed by atoms with Crippen LogP contribution < -0.4 is 4.90 Å². The van der Waals surface area contributed by atoms with Gasteiger partial charge in [0.2, 0.25) is 0 Å². The van der Waals surface area contributed by atoms with Crippen LogP contribution in [0.4, 0.5) is 10.1 Å². The minimum atomic E-state index is -0.174. The lowest BCUT2D eigenvalue weighted by atomic mass is 10.1. The molecule has 1 aromatic carbocycles. The molecule has 0 saturated heterocycles. The number of aromatic amines is 1. The van der Waals surface area contributed by atoms with Crippen LogP contribution in [-0.4, -0.2) is 23.8 Å². The van der Waals surface area contributed by atoms with Gasteiger partial charge in [-0.2, -0.15) is 5.10 Å². The smallest absolute Gasteiger partial charge is 0.125 e. The van der Waals surface area contributed by atoms with Crippen molar-refractivity contribution < 1.29 is 4.39 Å². The molecule has 3 heterocycles. The summed E-state index contributed by atoms with van der Waals surface area (Å²) in [6.07, 6.45) is 5.45. The van der Waals surface area contributed by atoms with Gasteiger partial charge in [-0.25, -0.2) is 4.39 Å². The molecule has 2 aliphatic rings. The maximum atomic E-state index is 13.7. The van der Waals surface area contributed by atoms with Gasteiger partial charge in [0.25, 0.3) is 0 Å². The van der Waals surface area contributed by atoms with Crippen LogP contribution in [0.3, 0.4) is 0 Å². The number of rotatable bonds is 2. The van der Waals surface area contributed by atoms with Gasteiger partial charge in [-0.3, -0.25) is 5.10 Å². The molecule has 2 aromatic heterocycles. The molecule has 0 radical (unpaired) electrons. The lowest BCUT2D eigenvalue weighted by molar-refractivity contribution is 0.627. The van der Waals surface area contributed by atoms with Gasteiger partial charge < -0.3 is 4.90 Å². The second-order valence-electron chi connectivity index (χ2n) is 6.77. The largest absolute Gasteiger partial charge is 0.374 e. The number of nitrogens with one attached hydrogen (secondary N) is 1. The number of fused-ring (bicyclic) bond motifs is 3. The average molecular weight is 339 g/mol. The highest BCUT2D eigenvalue weighted by atomic mass is 32.1. The fourth-order valence-corrected chi connectivity index (χ4v) is 4.84. The van der Waals surface area contributed by atoms with Crippen molar-refractivity contribution in [2.45, 2.75) is 25.2 Å². The number of nitrogens with zero attached hydrogens (tertiary/aromatic N) is 2. The third kappa shape index (κ3) is 2.18. The maximum Gasteiger partial charge on any atom is 0.125 e. The van der Waals surface area contributed by atoms with Crippen molar-refractivity contribution >= 4 is 17.0 Å². The predicted octanol–water partition coefficient (Wildman–Crippen LogP) is 4.81. The third-order valence-corrected chi connectivity index (χ3v) is 6.30. The van der Waals surface area contributed by atoms with Crippen molar-refractivity contribution in [3.8, 4) is 20.9 Å². The van der Waals surface area contributed by atoms with Gasteiger partial charge in [-0.15, -0.1) is 11.3 Å². The van der Waals surface area contributed by atoms with E-state index >= 15 is 0 Å². The van der Waals surface area contributed by atoms with Crippen molar-refractivity contribution in [2.24, 2.45) is 0 Å². The first kappa shape index (κ1) is 14.2. The van der Waals surface area contributed by atoms with Crippen molar-refractivity contribution in [3.05, 3.63) is 47.5 Å². The molecular formula is C19H18FN3S. The van der Waals surface area contributed by atoms with Gasteiger partial charge in [-0.1, -0.05) is 0 Å². The van der Waals surface area contributed by atoms with Crippen LogP contribution in [0.2, 0.25) is 0 Å². The standard InChI is InChI=1S/C19H18FN3S/c1-23-7-6-12-8-17(15-10-21-22-18(15)11-2-3-11)24-19(12)14-5-4-13(20)9-16(14)23/h4-5,8-11H,2-3,6-7H2,1H3,(H,21,22). The van der Waals surface area contributed by atoms with Crippen molar-refractivity contribution in [1.29, 1.82) is 0 Å². The summed E-state index contributed by atoms with van der Waals surface area (Å²) < 4.78 is 13.7. The van der Waals surface area contributed by atoms with Gasteiger partial charge in [0.15, 0.2) is 0 Å². The number of aromatic nitrogens is 2. The predicted molar refractivity (Wildman–Crippen MR) is 96.2 cm³/mol. The van der Waals surface area contributed by atoms with E-state index in [0.29, 0.717) is 5.92 Å². The summed E-state index contributed by atoms with van der Waals surface area (Å²) in [5, 5.41) is 7.47. The third-order valence-electron chi connectivity index (χ3n) is 5.06. The number of thiophene rings is 1. The zero-order valence-electron chi connectivity index (χ0n) is 13.5. The SMILES string of the molecule is CN1CCc2cc(-c3cn[nH]c3C3CC3)sc2-c2ccc(F)cc21. The van der Waals surface area contributed by atoms with E-state index in [9.17, 15) is 4.39 Å². The summed E-state index contributed by atoms with van der Waals surface area (Å²) in [6.45, 7) is 0.903. The summed E-state index contributed by atoms with van der Waals surface area (Å²) in [6, 6.07) is 7.44. The molecule has 24 heavy (non-hydrogen) atoms. The molecule has 122 valence electrons. The van der Waals surface area contributed by atoms with Crippen LogP contribution in [-0.2, 0) is 6.42 Å². The van der Waals surface area contributed by atoms with Gasteiger partial charge in [0.05, 0.1) is 6.20 Å². The van der Waals surface area contributed by atoms with Crippen LogP contribution >= 0.6 is 11.3 Å². The second-order valence-corrected chi connectivity index (χ2v) is 7.82. The lowest BCUT2D eigenvalue weighted by Gasteiger charge is -2.19. The number of halogens is 1. The molecule has 0 unspecified atom stereocenters. The number of H-pyrrole nitrogens is 1. The minimum absolute atomic E-state index is 0.174. The van der Waals surface area contributed by atoms with E-state index in [2.05, 4.69) is 21.2 Å². The highest BCUT2D eigenvalue weighted by Gasteiger charge is 2.29. The monoisotopic (exact) mass is 339 g/mol. The Labute approximate surface area is 144 Å². The van der Waals surface area contributed by atoms with Gasteiger partial charge in [0, 0.05) is 51.8 Å². The van der Waals surface area contributed by atoms with Gasteiger partial charge in [0.1, 0.15) is 5.82 Å². The van der Waals surface area contributed by atoms with E-state index in [1.165, 1.54) is 39.4 Å². The normalized spacial score (nSPS) is 16.7. The van der Waals surface area contributed by atoms with Crippen molar-refractivity contribution in [2.75, 3.05) is 18.5 Å². The van der Waals surface area contributed by atoms with Crippen LogP contribution in [0.5, 0.6) is 0 Å². The summed E-state index contributed by atoms with van der Waals surface area (Å²) in [7, 11) is 2.04. The molecule has 0 amide bonds. The van der Waals surface area contributed by atoms with Crippen LogP contribution in [0, 0.1) is 5.82 Å². The highest BCUT2D eigenvalue weighted by Crippen LogP contribution is 2.48. The summed E-state index contributed by atoms with van der Waals surface area (Å²) in [5.74, 6) is 0.476. The fraction of sp³-hybridized carbons (Fsp3) is 0.316. The van der Waals surface area contributed by atoms with Crippen molar-refractivity contribution in [1.82, 2.24) is 10.2 Å².